The molecule has 0 atom stereocenters. The van der Waals surface area contributed by atoms with E-state index in [0.29, 0.717) is 0 Å². The lowest BCUT2D eigenvalue weighted by Crippen LogP contribution is -2.10. The molecule has 0 amide bonds. The molecule has 0 heterocycles. The smallest absolute Gasteiger partial charge is 0.123 e. The van der Waals surface area contributed by atoms with Gasteiger partial charge < -0.3 is 9.80 Å². The minimum atomic E-state index is -0.350. The van der Waals surface area contributed by atoms with Crippen LogP contribution in [0.15, 0.2) is 218 Å². The van der Waals surface area contributed by atoms with Crippen LogP contribution in [0.2, 0.25) is 0 Å². The average molecular weight is 885 g/mol. The van der Waals surface area contributed by atoms with Crippen LogP contribution in [0.5, 0.6) is 0 Å². The first kappa shape index (κ1) is 39.6. The number of fused-ring (bicyclic) bond motifs is 14. The van der Waals surface area contributed by atoms with Crippen LogP contribution in [0.4, 0.5) is 51.7 Å². The maximum atomic E-state index is 15.6. The van der Waals surface area contributed by atoms with Gasteiger partial charge in [-0.1, -0.05) is 84.9 Å². The second-order valence-electron chi connectivity index (χ2n) is 17.5. The van der Waals surface area contributed by atoms with E-state index < -0.39 is 0 Å². The van der Waals surface area contributed by atoms with Crippen molar-refractivity contribution in [1.29, 1.82) is 0 Å². The highest BCUT2D eigenvalue weighted by molar-refractivity contribution is 6.33. The zero-order valence-electron chi connectivity index (χ0n) is 36.2. The van der Waals surface area contributed by atoms with E-state index in [9.17, 15) is 8.78 Å². The van der Waals surface area contributed by atoms with Gasteiger partial charge in [-0.25, -0.2) is 17.6 Å². The van der Waals surface area contributed by atoms with E-state index in [2.05, 4.69) is 119 Å². The fourth-order valence-corrected chi connectivity index (χ4v) is 10.4. The molecule has 13 aromatic carbocycles. The number of hydrogen-bond acceptors (Lipinski definition) is 2. The third-order valence-corrected chi connectivity index (χ3v) is 13.5. The van der Waals surface area contributed by atoms with E-state index >= 15 is 8.78 Å². The summed E-state index contributed by atoms with van der Waals surface area (Å²) in [4.78, 5) is 4.20. The van der Waals surface area contributed by atoms with E-state index in [1.165, 1.54) is 36.4 Å². The summed E-state index contributed by atoms with van der Waals surface area (Å²) in [7, 11) is 0. The van der Waals surface area contributed by atoms with Gasteiger partial charge in [0.2, 0.25) is 0 Å². The lowest BCUT2D eigenvalue weighted by atomic mass is 9.88. The predicted octanol–water partition coefficient (Wildman–Crippen LogP) is 18.4. The Kier molecular flexibility index (Phi) is 8.99. The molecule has 0 saturated heterocycles. The molecule has 68 heavy (non-hydrogen) atoms. The fraction of sp³-hybridized carbons (Fsp3) is 0. The normalized spacial score (nSPS) is 11.8. The first-order valence-corrected chi connectivity index (χ1v) is 22.5. The summed E-state index contributed by atoms with van der Waals surface area (Å²) in [6, 6.07) is 68.6. The van der Waals surface area contributed by atoms with Crippen molar-refractivity contribution in [3.63, 3.8) is 0 Å². The molecule has 0 N–H and O–H groups in total. The molecule has 0 radical (unpaired) electrons. The zero-order valence-corrected chi connectivity index (χ0v) is 36.2. The molecule has 0 aliphatic rings. The number of nitrogens with zero attached hydrogens (tertiary/aromatic N) is 2. The summed E-state index contributed by atoms with van der Waals surface area (Å²) in [5, 5.41) is 15.0. The van der Waals surface area contributed by atoms with Gasteiger partial charge in [0.1, 0.15) is 23.3 Å². The van der Waals surface area contributed by atoms with Crippen LogP contribution in [-0.4, -0.2) is 0 Å². The van der Waals surface area contributed by atoms with Gasteiger partial charge in [-0.2, -0.15) is 0 Å². The number of rotatable bonds is 6. The van der Waals surface area contributed by atoms with E-state index in [-0.39, 0.29) is 23.3 Å². The van der Waals surface area contributed by atoms with Gasteiger partial charge in [0, 0.05) is 34.1 Å². The maximum Gasteiger partial charge on any atom is 0.123 e. The summed E-state index contributed by atoms with van der Waals surface area (Å²) in [6.45, 7) is 0. The Bertz CT molecular complexity index is 3930. The van der Waals surface area contributed by atoms with Crippen LogP contribution in [0.3, 0.4) is 0 Å². The summed E-state index contributed by atoms with van der Waals surface area (Å²) in [5.74, 6) is -1.36. The zero-order chi connectivity index (χ0) is 45.6. The molecule has 0 saturated carbocycles. The van der Waals surface area contributed by atoms with Crippen molar-refractivity contribution < 1.29 is 17.6 Å². The molecule has 0 aromatic heterocycles. The number of hydrogen-bond donors (Lipinski definition) is 0. The number of halogens is 4. The van der Waals surface area contributed by atoms with Crippen LogP contribution in [0.25, 0.3) is 86.2 Å². The predicted molar refractivity (Wildman–Crippen MR) is 276 cm³/mol. The maximum absolute atomic E-state index is 15.6. The molecule has 0 bridgehead atoms. The molecular weight excluding hydrogens is 849 g/mol. The quantitative estimate of drug-likeness (QED) is 0.0933. The number of benzene rings is 13. The van der Waals surface area contributed by atoms with Crippen LogP contribution < -0.4 is 9.80 Å². The summed E-state index contributed by atoms with van der Waals surface area (Å²) in [5.41, 5.74) is 4.98. The van der Waals surface area contributed by atoms with Gasteiger partial charge >= 0.3 is 0 Å². The van der Waals surface area contributed by atoms with E-state index in [0.717, 1.165) is 120 Å². The molecule has 0 spiro atoms. The molecular formula is C62H36F4N2. The standard InChI is InChI=1S/C62H36F4N2/c63-41-11-19-45(20-12-41)67(47-17-9-37-5-1-3-7-39(37)29-47)49-23-27-53-57(33-49)55-31-43(65)15-25-51(55)59-36-62-54-28-24-50(34-58(54)56-32-44(66)16-26-52(56)60(62)35-61(53)59)68(46-21-13-42(64)14-22-46)48-18-10-38-6-2-4-8-40(38)30-48/h1-36H. The van der Waals surface area contributed by atoms with Crippen molar-refractivity contribution in [3.05, 3.63) is 242 Å². The molecule has 0 fully saturated rings. The Morgan fingerprint density at radius 2 is 0.471 bits per heavy atom. The Labute approximate surface area is 387 Å². The van der Waals surface area contributed by atoms with Crippen LogP contribution in [0, 0.1) is 23.3 Å². The van der Waals surface area contributed by atoms with E-state index in [1.807, 2.05) is 36.4 Å². The van der Waals surface area contributed by atoms with Gasteiger partial charge in [0.05, 0.1) is 0 Å². The van der Waals surface area contributed by atoms with Crippen molar-refractivity contribution >= 4 is 120 Å². The number of anilines is 6. The van der Waals surface area contributed by atoms with E-state index in [1.54, 1.807) is 36.4 Å². The first-order valence-electron chi connectivity index (χ1n) is 22.5. The lowest BCUT2D eigenvalue weighted by Gasteiger charge is -2.27. The minimum Gasteiger partial charge on any atom is -0.310 e. The third kappa shape index (κ3) is 6.48. The highest BCUT2D eigenvalue weighted by Crippen LogP contribution is 2.46. The Hall–Kier alpha value is -8.74. The van der Waals surface area contributed by atoms with Gasteiger partial charge in [-0.3, -0.25) is 0 Å². The largest absolute Gasteiger partial charge is 0.310 e. The Balaban J connectivity index is 1.05. The highest BCUT2D eigenvalue weighted by Gasteiger charge is 2.21. The van der Waals surface area contributed by atoms with Crippen molar-refractivity contribution in [3.8, 4) is 0 Å². The topological polar surface area (TPSA) is 6.48 Å². The fourth-order valence-electron chi connectivity index (χ4n) is 10.4. The summed E-state index contributed by atoms with van der Waals surface area (Å²) in [6.07, 6.45) is 0. The first-order chi connectivity index (χ1) is 33.3. The molecule has 13 rings (SSSR count). The van der Waals surface area contributed by atoms with Crippen molar-refractivity contribution in [2.24, 2.45) is 0 Å². The average Bonchev–Trinajstić information content (AvgIpc) is 3.37. The Morgan fingerprint density at radius 3 is 0.868 bits per heavy atom. The minimum absolute atomic E-state index is 0.331. The highest BCUT2D eigenvalue weighted by atomic mass is 19.1. The molecule has 6 heteroatoms. The van der Waals surface area contributed by atoms with Gasteiger partial charge in [-0.15, -0.1) is 0 Å². The molecule has 13 aromatic rings. The van der Waals surface area contributed by atoms with Crippen LogP contribution in [0.1, 0.15) is 0 Å². The lowest BCUT2D eigenvalue weighted by molar-refractivity contribution is 0.627. The molecule has 0 aliphatic heterocycles. The Morgan fingerprint density at radius 1 is 0.191 bits per heavy atom. The van der Waals surface area contributed by atoms with Crippen molar-refractivity contribution in [2.75, 3.05) is 9.80 Å². The molecule has 0 unspecified atom stereocenters. The monoisotopic (exact) mass is 884 g/mol. The second kappa shape index (κ2) is 15.4. The molecule has 0 aliphatic carbocycles. The van der Waals surface area contributed by atoms with Crippen molar-refractivity contribution in [1.82, 2.24) is 0 Å². The van der Waals surface area contributed by atoms with Crippen LogP contribution in [-0.2, 0) is 0 Å². The van der Waals surface area contributed by atoms with Gasteiger partial charge in [-0.05, 0) is 220 Å². The molecule has 322 valence electrons. The SMILES string of the molecule is Fc1ccc(N(c2ccc3ccccc3c2)c2ccc3c(c2)c2cc(F)ccc2c2cc4c5ccc(N(c6ccc(F)cc6)c6ccc7ccccc7c6)cc5c5cc(F)ccc5c4cc32)cc1. The van der Waals surface area contributed by atoms with Crippen LogP contribution >= 0.6 is 0 Å². The summed E-state index contributed by atoms with van der Waals surface area (Å²) >= 11 is 0. The van der Waals surface area contributed by atoms with Gasteiger partial charge in [0.25, 0.3) is 0 Å². The van der Waals surface area contributed by atoms with E-state index in [4.69, 9.17) is 0 Å². The van der Waals surface area contributed by atoms with Crippen molar-refractivity contribution in [2.45, 2.75) is 0 Å². The summed E-state index contributed by atoms with van der Waals surface area (Å²) < 4.78 is 59.9. The van der Waals surface area contributed by atoms with Gasteiger partial charge in [0.15, 0.2) is 0 Å². The molecule has 2 nitrogen and oxygen atoms in total. The third-order valence-electron chi connectivity index (χ3n) is 13.5. The second-order valence-corrected chi connectivity index (χ2v) is 17.5.